The fourth-order valence-corrected chi connectivity index (χ4v) is 3.53. The van der Waals surface area contributed by atoms with Crippen LogP contribution in [0.25, 0.3) is 0 Å². The molecule has 20 heavy (non-hydrogen) atoms. The van der Waals surface area contributed by atoms with Gasteiger partial charge in [-0.25, -0.2) is 0 Å². The Labute approximate surface area is 127 Å². The van der Waals surface area contributed by atoms with E-state index in [0.29, 0.717) is 6.10 Å². The second-order valence-electron chi connectivity index (χ2n) is 7.85. The van der Waals surface area contributed by atoms with Crippen LogP contribution in [0, 0.1) is 0 Å². The highest BCUT2D eigenvalue weighted by molar-refractivity contribution is 4.98. The fraction of sp³-hybridized carbons (Fsp3) is 1.00. The molecular formula is C18H37NO. The molecule has 2 nitrogen and oxygen atoms in total. The molecule has 0 bridgehead atoms. The van der Waals surface area contributed by atoms with Crippen molar-refractivity contribution in [3.05, 3.63) is 0 Å². The molecule has 1 aliphatic rings. The first-order chi connectivity index (χ1) is 9.29. The number of ether oxygens (including phenoxy) is 1. The molecule has 0 aliphatic carbocycles. The zero-order valence-electron chi connectivity index (χ0n) is 14.8. The molecule has 1 heterocycles. The van der Waals surface area contributed by atoms with Crippen molar-refractivity contribution in [1.29, 1.82) is 0 Å². The Morgan fingerprint density at radius 1 is 0.900 bits per heavy atom. The minimum Gasteiger partial charge on any atom is -0.378 e. The lowest BCUT2D eigenvalue weighted by Gasteiger charge is -2.53. The van der Waals surface area contributed by atoms with Crippen molar-refractivity contribution in [2.24, 2.45) is 0 Å². The smallest absolute Gasteiger partial charge is 0.0610 e. The zero-order chi connectivity index (χ0) is 15.2. The largest absolute Gasteiger partial charge is 0.378 e. The number of rotatable bonds is 8. The molecule has 0 radical (unpaired) electrons. The Hall–Kier alpha value is -0.0800. The molecule has 2 heteroatoms. The number of piperidine rings is 1. The zero-order valence-corrected chi connectivity index (χ0v) is 14.8. The van der Waals surface area contributed by atoms with Crippen LogP contribution in [0.2, 0.25) is 0 Å². The van der Waals surface area contributed by atoms with Gasteiger partial charge in [-0.15, -0.1) is 0 Å². The van der Waals surface area contributed by atoms with Crippen LogP contribution in [-0.2, 0) is 4.74 Å². The van der Waals surface area contributed by atoms with E-state index >= 15 is 0 Å². The minimum absolute atomic E-state index is 0.244. The van der Waals surface area contributed by atoms with E-state index in [0.717, 1.165) is 19.4 Å². The van der Waals surface area contributed by atoms with Gasteiger partial charge in [-0.3, -0.25) is 4.90 Å². The van der Waals surface area contributed by atoms with Gasteiger partial charge in [0.05, 0.1) is 6.10 Å². The van der Waals surface area contributed by atoms with Gasteiger partial charge < -0.3 is 4.74 Å². The summed E-state index contributed by atoms with van der Waals surface area (Å²) < 4.78 is 6.18. The molecule has 0 N–H and O–H groups in total. The molecule has 0 aromatic heterocycles. The molecule has 0 atom stereocenters. The maximum Gasteiger partial charge on any atom is 0.0610 e. The molecule has 0 saturated carbocycles. The predicted octanol–water partition coefficient (Wildman–Crippen LogP) is 5.01. The average molecular weight is 284 g/mol. The second-order valence-corrected chi connectivity index (χ2v) is 7.85. The molecule has 1 fully saturated rings. The molecule has 120 valence electrons. The highest BCUT2D eigenvalue weighted by Gasteiger charge is 2.43. The van der Waals surface area contributed by atoms with Crippen LogP contribution in [0.4, 0.5) is 0 Å². The summed E-state index contributed by atoms with van der Waals surface area (Å²) in [4.78, 5) is 2.52. The second kappa shape index (κ2) is 7.79. The van der Waals surface area contributed by atoms with E-state index in [1.807, 2.05) is 0 Å². The number of hydrogen-bond donors (Lipinski definition) is 0. The third-order valence-electron chi connectivity index (χ3n) is 5.12. The minimum atomic E-state index is 0.244. The van der Waals surface area contributed by atoms with Crippen molar-refractivity contribution >= 4 is 0 Å². The lowest BCUT2D eigenvalue weighted by atomic mass is 9.79. The van der Waals surface area contributed by atoms with Crippen LogP contribution in [0.15, 0.2) is 0 Å². The lowest BCUT2D eigenvalue weighted by Crippen LogP contribution is -2.60. The summed E-state index contributed by atoms with van der Waals surface area (Å²) in [6.45, 7) is 12.6. The van der Waals surface area contributed by atoms with E-state index in [1.165, 1.54) is 38.5 Å². The Morgan fingerprint density at radius 2 is 1.40 bits per heavy atom. The summed E-state index contributed by atoms with van der Waals surface area (Å²) in [6, 6.07) is 0. The number of unbranched alkanes of at least 4 members (excludes halogenated alkanes) is 5. The van der Waals surface area contributed by atoms with Crippen LogP contribution in [0.5, 0.6) is 0 Å². The highest BCUT2D eigenvalue weighted by atomic mass is 16.5. The first kappa shape index (κ1) is 18.0. The van der Waals surface area contributed by atoms with Crippen molar-refractivity contribution < 1.29 is 4.74 Å². The van der Waals surface area contributed by atoms with Gasteiger partial charge in [0.25, 0.3) is 0 Å². The Morgan fingerprint density at radius 3 is 1.95 bits per heavy atom. The normalized spacial score (nSPS) is 23.1. The average Bonchev–Trinajstić information content (AvgIpc) is 2.34. The van der Waals surface area contributed by atoms with Crippen molar-refractivity contribution in [3.63, 3.8) is 0 Å². The lowest BCUT2D eigenvalue weighted by molar-refractivity contribution is -0.0918. The van der Waals surface area contributed by atoms with E-state index in [1.54, 1.807) is 0 Å². The van der Waals surface area contributed by atoms with Crippen LogP contribution in [-0.4, -0.2) is 35.7 Å². The summed E-state index contributed by atoms with van der Waals surface area (Å²) >= 11 is 0. The summed E-state index contributed by atoms with van der Waals surface area (Å²) in [6.07, 6.45) is 10.8. The predicted molar refractivity (Wildman–Crippen MR) is 88.3 cm³/mol. The standard InChI is InChI=1S/C18H37NO/c1-7-8-9-10-11-12-13-20-16-14-17(2,3)19(6)18(4,5)15-16/h16H,7-15H2,1-6H3. The Kier molecular flexibility index (Phi) is 7.00. The summed E-state index contributed by atoms with van der Waals surface area (Å²) in [7, 11) is 2.25. The quantitative estimate of drug-likeness (QED) is 0.580. The summed E-state index contributed by atoms with van der Waals surface area (Å²) in [5, 5.41) is 0. The van der Waals surface area contributed by atoms with Crippen LogP contribution in [0.3, 0.4) is 0 Å². The van der Waals surface area contributed by atoms with Gasteiger partial charge in [0.2, 0.25) is 0 Å². The van der Waals surface area contributed by atoms with E-state index in [9.17, 15) is 0 Å². The maximum atomic E-state index is 6.18. The van der Waals surface area contributed by atoms with Crippen molar-refractivity contribution in [3.8, 4) is 0 Å². The molecule has 0 aromatic rings. The van der Waals surface area contributed by atoms with Gasteiger partial charge in [0.15, 0.2) is 0 Å². The van der Waals surface area contributed by atoms with Gasteiger partial charge in [0, 0.05) is 17.7 Å². The topological polar surface area (TPSA) is 12.5 Å². The molecule has 0 amide bonds. The summed E-state index contributed by atoms with van der Waals surface area (Å²) in [5.74, 6) is 0. The third-order valence-corrected chi connectivity index (χ3v) is 5.12. The number of nitrogens with zero attached hydrogens (tertiary/aromatic N) is 1. The highest BCUT2D eigenvalue weighted by Crippen LogP contribution is 2.38. The monoisotopic (exact) mass is 283 g/mol. The van der Waals surface area contributed by atoms with Crippen LogP contribution in [0.1, 0.15) is 86.0 Å². The van der Waals surface area contributed by atoms with Gasteiger partial charge in [-0.2, -0.15) is 0 Å². The Bertz CT molecular complexity index is 255. The fourth-order valence-electron chi connectivity index (χ4n) is 3.53. The SMILES string of the molecule is CCCCCCCCOC1CC(C)(C)N(C)C(C)(C)C1. The maximum absolute atomic E-state index is 6.18. The van der Waals surface area contributed by atoms with E-state index in [-0.39, 0.29) is 11.1 Å². The van der Waals surface area contributed by atoms with Crippen molar-refractivity contribution in [2.45, 2.75) is 103 Å². The number of hydrogen-bond acceptors (Lipinski definition) is 2. The van der Waals surface area contributed by atoms with Crippen molar-refractivity contribution in [1.82, 2.24) is 4.90 Å². The first-order valence-electron chi connectivity index (χ1n) is 8.65. The molecular weight excluding hydrogens is 246 g/mol. The van der Waals surface area contributed by atoms with Gasteiger partial charge >= 0.3 is 0 Å². The van der Waals surface area contributed by atoms with Gasteiger partial charge in [0.1, 0.15) is 0 Å². The van der Waals surface area contributed by atoms with Crippen LogP contribution < -0.4 is 0 Å². The molecule has 1 aliphatic heterocycles. The molecule has 1 saturated heterocycles. The molecule has 0 aromatic carbocycles. The van der Waals surface area contributed by atoms with E-state index in [2.05, 4.69) is 46.6 Å². The first-order valence-corrected chi connectivity index (χ1v) is 8.65. The van der Waals surface area contributed by atoms with Gasteiger partial charge in [-0.1, -0.05) is 39.0 Å². The van der Waals surface area contributed by atoms with Gasteiger partial charge in [-0.05, 0) is 54.0 Å². The molecule has 0 spiro atoms. The number of likely N-dealkylation sites (tertiary alicyclic amines) is 1. The molecule has 0 unspecified atom stereocenters. The summed E-state index contributed by atoms with van der Waals surface area (Å²) in [5.41, 5.74) is 0.487. The third kappa shape index (κ3) is 5.37. The van der Waals surface area contributed by atoms with E-state index in [4.69, 9.17) is 4.74 Å². The van der Waals surface area contributed by atoms with E-state index < -0.39 is 0 Å². The van der Waals surface area contributed by atoms with Crippen molar-refractivity contribution in [2.75, 3.05) is 13.7 Å². The van der Waals surface area contributed by atoms with Crippen LogP contribution >= 0.6 is 0 Å². The Balaban J connectivity index is 2.24. The molecule has 1 rings (SSSR count).